The van der Waals surface area contributed by atoms with E-state index in [4.69, 9.17) is 0 Å². The predicted molar refractivity (Wildman–Crippen MR) is 82.6 cm³/mol. The highest BCUT2D eigenvalue weighted by Gasteiger charge is 2.29. The largest absolute Gasteiger partial charge is 0.301 e. The highest BCUT2D eigenvalue weighted by Crippen LogP contribution is 2.21. The lowest BCUT2D eigenvalue weighted by atomic mass is 10.0. The second-order valence-electron chi connectivity index (χ2n) is 7.70. The first-order valence-corrected chi connectivity index (χ1v) is 8.07. The minimum absolute atomic E-state index is 0.341. The Morgan fingerprint density at radius 1 is 1.00 bits per heavy atom. The molecule has 0 N–H and O–H groups in total. The summed E-state index contributed by atoms with van der Waals surface area (Å²) in [5, 5.41) is 0. The molecule has 2 aliphatic heterocycles. The van der Waals surface area contributed by atoms with Crippen LogP contribution in [-0.4, -0.2) is 72.1 Å². The molecule has 2 aliphatic rings. The molecule has 0 bridgehead atoms. The Morgan fingerprint density at radius 2 is 1.63 bits per heavy atom. The Bertz CT molecular complexity index is 274. The summed E-state index contributed by atoms with van der Waals surface area (Å²) in [6, 6.07) is 0.725. The quantitative estimate of drug-likeness (QED) is 0.775. The molecule has 2 rings (SSSR count). The molecule has 2 fully saturated rings. The maximum atomic E-state index is 2.69. The zero-order valence-electron chi connectivity index (χ0n) is 13.7. The van der Waals surface area contributed by atoms with Gasteiger partial charge in [0.15, 0.2) is 0 Å². The van der Waals surface area contributed by atoms with Gasteiger partial charge in [-0.2, -0.15) is 0 Å². The highest BCUT2D eigenvalue weighted by molar-refractivity contribution is 4.85. The fourth-order valence-corrected chi connectivity index (χ4v) is 3.45. The zero-order valence-corrected chi connectivity index (χ0v) is 13.7. The van der Waals surface area contributed by atoms with Gasteiger partial charge in [-0.3, -0.25) is 4.90 Å². The number of hydrogen-bond donors (Lipinski definition) is 0. The van der Waals surface area contributed by atoms with E-state index >= 15 is 0 Å². The van der Waals surface area contributed by atoms with Crippen LogP contribution in [-0.2, 0) is 0 Å². The maximum Gasteiger partial charge on any atom is 0.0126 e. The molecule has 0 radical (unpaired) electrons. The van der Waals surface area contributed by atoms with Crippen molar-refractivity contribution in [2.45, 2.75) is 52.6 Å². The van der Waals surface area contributed by atoms with Crippen LogP contribution in [0.15, 0.2) is 0 Å². The maximum absolute atomic E-state index is 2.69. The van der Waals surface area contributed by atoms with Crippen LogP contribution in [0.4, 0.5) is 0 Å². The smallest absolute Gasteiger partial charge is 0.0126 e. The molecule has 2 heterocycles. The van der Waals surface area contributed by atoms with Crippen LogP contribution < -0.4 is 0 Å². The first-order chi connectivity index (χ1) is 8.86. The molecule has 0 amide bonds. The van der Waals surface area contributed by atoms with Crippen molar-refractivity contribution in [3.05, 3.63) is 0 Å². The van der Waals surface area contributed by atoms with E-state index in [1.807, 2.05) is 0 Å². The van der Waals surface area contributed by atoms with E-state index in [1.165, 1.54) is 52.2 Å². The molecule has 1 atom stereocenters. The Morgan fingerprint density at radius 3 is 2.11 bits per heavy atom. The highest BCUT2D eigenvalue weighted by atomic mass is 15.3. The fourth-order valence-electron chi connectivity index (χ4n) is 3.45. The molecule has 0 saturated carbocycles. The van der Waals surface area contributed by atoms with Gasteiger partial charge in [-0.25, -0.2) is 0 Å². The summed E-state index contributed by atoms with van der Waals surface area (Å²) in [4.78, 5) is 7.95. The molecule has 0 unspecified atom stereocenters. The SMILES string of the molecule is CC(C)N1CC[C@H](CN2CCN(C(C)(C)C)CC2)C1. The second kappa shape index (κ2) is 6.11. The number of piperazine rings is 1. The minimum atomic E-state index is 0.341. The monoisotopic (exact) mass is 267 g/mol. The standard InChI is InChI=1S/C16H33N3/c1-14(2)18-7-6-15(13-18)12-17-8-10-19(11-9-17)16(3,4)5/h14-15H,6-13H2,1-5H3/t15-/m1/s1. The van der Waals surface area contributed by atoms with E-state index < -0.39 is 0 Å². The van der Waals surface area contributed by atoms with Crippen LogP contribution in [0.25, 0.3) is 0 Å². The van der Waals surface area contributed by atoms with E-state index in [2.05, 4.69) is 49.3 Å². The van der Waals surface area contributed by atoms with Crippen LogP contribution in [0.5, 0.6) is 0 Å². The summed E-state index contributed by atoms with van der Waals surface area (Å²) in [7, 11) is 0. The van der Waals surface area contributed by atoms with Crippen molar-refractivity contribution in [3.8, 4) is 0 Å². The third-order valence-electron chi connectivity index (χ3n) is 4.88. The molecular weight excluding hydrogens is 234 g/mol. The summed E-state index contributed by atoms with van der Waals surface area (Å²) in [6.45, 7) is 20.6. The molecule has 19 heavy (non-hydrogen) atoms. The van der Waals surface area contributed by atoms with Crippen LogP contribution in [0, 0.1) is 5.92 Å². The number of likely N-dealkylation sites (tertiary alicyclic amines) is 1. The van der Waals surface area contributed by atoms with Crippen molar-refractivity contribution < 1.29 is 0 Å². The van der Waals surface area contributed by atoms with Crippen LogP contribution >= 0.6 is 0 Å². The summed E-state index contributed by atoms with van der Waals surface area (Å²) in [5.41, 5.74) is 0.341. The van der Waals surface area contributed by atoms with Gasteiger partial charge in [0, 0.05) is 50.8 Å². The van der Waals surface area contributed by atoms with Gasteiger partial charge >= 0.3 is 0 Å². The molecule has 112 valence electrons. The molecule has 3 heteroatoms. The van der Waals surface area contributed by atoms with Crippen LogP contribution in [0.3, 0.4) is 0 Å². The molecule has 2 saturated heterocycles. The Balaban J connectivity index is 1.72. The topological polar surface area (TPSA) is 9.72 Å². The third-order valence-corrected chi connectivity index (χ3v) is 4.88. The summed E-state index contributed by atoms with van der Waals surface area (Å²) >= 11 is 0. The average molecular weight is 267 g/mol. The summed E-state index contributed by atoms with van der Waals surface area (Å²) < 4.78 is 0. The Kier molecular flexibility index (Phi) is 4.91. The van der Waals surface area contributed by atoms with Gasteiger partial charge in [-0.05, 0) is 53.5 Å². The normalized spacial score (nSPS) is 28.4. The Hall–Kier alpha value is -0.120. The number of hydrogen-bond acceptors (Lipinski definition) is 3. The van der Waals surface area contributed by atoms with Gasteiger partial charge in [0.2, 0.25) is 0 Å². The predicted octanol–water partition coefficient (Wildman–Crippen LogP) is 2.13. The first-order valence-electron chi connectivity index (χ1n) is 8.07. The van der Waals surface area contributed by atoms with Crippen LogP contribution in [0.2, 0.25) is 0 Å². The average Bonchev–Trinajstić information content (AvgIpc) is 2.77. The molecule has 0 aromatic heterocycles. The van der Waals surface area contributed by atoms with Crippen molar-refractivity contribution in [1.82, 2.24) is 14.7 Å². The van der Waals surface area contributed by atoms with E-state index in [-0.39, 0.29) is 0 Å². The molecule has 3 nitrogen and oxygen atoms in total. The van der Waals surface area contributed by atoms with Gasteiger partial charge in [-0.1, -0.05) is 0 Å². The zero-order chi connectivity index (χ0) is 14.0. The molecule has 0 spiro atoms. The molecule has 0 aromatic rings. The van der Waals surface area contributed by atoms with E-state index in [0.29, 0.717) is 5.54 Å². The number of nitrogens with zero attached hydrogens (tertiary/aromatic N) is 3. The summed E-state index contributed by atoms with van der Waals surface area (Å²) in [6.07, 6.45) is 1.40. The van der Waals surface area contributed by atoms with E-state index in [0.717, 1.165) is 12.0 Å². The molecule has 0 aliphatic carbocycles. The fraction of sp³-hybridized carbons (Fsp3) is 1.00. The van der Waals surface area contributed by atoms with Gasteiger partial charge in [-0.15, -0.1) is 0 Å². The number of rotatable bonds is 3. The van der Waals surface area contributed by atoms with Crippen LogP contribution in [0.1, 0.15) is 41.0 Å². The summed E-state index contributed by atoms with van der Waals surface area (Å²) in [5.74, 6) is 0.906. The van der Waals surface area contributed by atoms with Gasteiger partial charge in [0.05, 0.1) is 0 Å². The van der Waals surface area contributed by atoms with Crippen molar-refractivity contribution in [3.63, 3.8) is 0 Å². The first kappa shape index (κ1) is 15.3. The minimum Gasteiger partial charge on any atom is -0.301 e. The van der Waals surface area contributed by atoms with Crippen molar-refractivity contribution in [2.75, 3.05) is 45.8 Å². The molecular formula is C16H33N3. The lowest BCUT2D eigenvalue weighted by molar-refractivity contribution is 0.0555. The van der Waals surface area contributed by atoms with E-state index in [9.17, 15) is 0 Å². The lowest BCUT2D eigenvalue weighted by Gasteiger charge is -2.42. The van der Waals surface area contributed by atoms with Gasteiger partial charge in [0.25, 0.3) is 0 Å². The van der Waals surface area contributed by atoms with E-state index in [1.54, 1.807) is 0 Å². The van der Waals surface area contributed by atoms with Crippen molar-refractivity contribution in [2.24, 2.45) is 5.92 Å². The van der Waals surface area contributed by atoms with Crippen molar-refractivity contribution in [1.29, 1.82) is 0 Å². The molecule has 0 aromatic carbocycles. The van der Waals surface area contributed by atoms with Gasteiger partial charge in [0.1, 0.15) is 0 Å². The van der Waals surface area contributed by atoms with Crippen molar-refractivity contribution >= 4 is 0 Å². The third kappa shape index (κ3) is 4.17. The second-order valence-corrected chi connectivity index (χ2v) is 7.70. The Labute approximate surface area is 119 Å². The lowest BCUT2D eigenvalue weighted by Crippen LogP contribution is -2.54. The van der Waals surface area contributed by atoms with Gasteiger partial charge < -0.3 is 9.80 Å².